The largest absolute Gasteiger partial charge is 0.507 e. The van der Waals surface area contributed by atoms with Crippen LogP contribution >= 0.6 is 0 Å². The van der Waals surface area contributed by atoms with E-state index in [0.717, 1.165) is 16.7 Å². The molecule has 0 aliphatic carbocycles. The van der Waals surface area contributed by atoms with Crippen LogP contribution in [0, 0.1) is 13.8 Å². The molecule has 0 saturated carbocycles. The van der Waals surface area contributed by atoms with E-state index in [1.807, 2.05) is 31.2 Å². The molecule has 1 nitrogen and oxygen atoms in total. The summed E-state index contributed by atoms with van der Waals surface area (Å²) in [6.07, 6.45) is 0. The van der Waals surface area contributed by atoms with Crippen LogP contribution in [-0.4, -0.2) is 5.11 Å². The summed E-state index contributed by atoms with van der Waals surface area (Å²) in [6, 6.07) is 13.8. The molecule has 76 valence electrons. The fraction of sp³-hybridized carbons (Fsp3) is 0.143. The molecule has 0 fully saturated rings. The van der Waals surface area contributed by atoms with Crippen LogP contribution in [-0.2, 0) is 0 Å². The Morgan fingerprint density at radius 2 is 1.53 bits per heavy atom. The van der Waals surface area contributed by atoms with Crippen molar-refractivity contribution >= 4 is 0 Å². The highest BCUT2D eigenvalue weighted by atomic mass is 16.3. The van der Waals surface area contributed by atoms with E-state index >= 15 is 0 Å². The van der Waals surface area contributed by atoms with Crippen LogP contribution in [0.5, 0.6) is 5.75 Å². The van der Waals surface area contributed by atoms with E-state index in [1.54, 1.807) is 6.07 Å². The zero-order valence-electron chi connectivity index (χ0n) is 8.99. The van der Waals surface area contributed by atoms with Gasteiger partial charge < -0.3 is 5.11 Å². The van der Waals surface area contributed by atoms with Gasteiger partial charge in [-0.1, -0.05) is 42.0 Å². The predicted octanol–water partition coefficient (Wildman–Crippen LogP) is 3.68. The fourth-order valence-electron chi connectivity index (χ4n) is 1.75. The first-order valence-electron chi connectivity index (χ1n) is 5.04. The van der Waals surface area contributed by atoms with E-state index in [-0.39, 0.29) is 0 Å². The van der Waals surface area contributed by atoms with Gasteiger partial charge in [-0.25, -0.2) is 0 Å². The summed E-state index contributed by atoms with van der Waals surface area (Å²) < 4.78 is 0. The SMILES string of the molecule is Cc1ccc(-c2c(C)cccc2O)cc1. The summed E-state index contributed by atoms with van der Waals surface area (Å²) in [5.41, 5.74) is 4.32. The van der Waals surface area contributed by atoms with Crippen molar-refractivity contribution in [3.8, 4) is 16.9 Å². The Kier molecular flexibility index (Phi) is 2.46. The molecule has 1 heteroatoms. The predicted molar refractivity (Wildman–Crippen MR) is 63.0 cm³/mol. The van der Waals surface area contributed by atoms with Crippen molar-refractivity contribution in [1.82, 2.24) is 0 Å². The number of aromatic hydroxyl groups is 1. The van der Waals surface area contributed by atoms with Crippen LogP contribution < -0.4 is 0 Å². The third-order valence-corrected chi connectivity index (χ3v) is 2.59. The van der Waals surface area contributed by atoms with Crippen molar-refractivity contribution in [1.29, 1.82) is 0 Å². The molecule has 0 bridgehead atoms. The van der Waals surface area contributed by atoms with Crippen molar-refractivity contribution in [2.24, 2.45) is 0 Å². The molecule has 0 heterocycles. The Balaban J connectivity index is 2.58. The highest BCUT2D eigenvalue weighted by molar-refractivity contribution is 5.73. The number of phenolic OH excluding ortho intramolecular Hbond substituents is 1. The van der Waals surface area contributed by atoms with Gasteiger partial charge in [0.15, 0.2) is 0 Å². The number of rotatable bonds is 1. The molecule has 1 N–H and O–H groups in total. The summed E-state index contributed by atoms with van der Waals surface area (Å²) in [4.78, 5) is 0. The van der Waals surface area contributed by atoms with Crippen LogP contribution in [0.25, 0.3) is 11.1 Å². The van der Waals surface area contributed by atoms with Gasteiger partial charge in [0.05, 0.1) is 0 Å². The molecular formula is C14H14O. The first-order valence-corrected chi connectivity index (χ1v) is 5.04. The van der Waals surface area contributed by atoms with E-state index in [1.165, 1.54) is 5.56 Å². The second-order valence-electron chi connectivity index (χ2n) is 3.84. The van der Waals surface area contributed by atoms with Crippen LogP contribution in [0.4, 0.5) is 0 Å². The molecule has 2 aromatic rings. The molecule has 0 saturated heterocycles. The summed E-state index contributed by atoms with van der Waals surface area (Å²) in [6.45, 7) is 4.07. The van der Waals surface area contributed by atoms with Crippen LogP contribution in [0.1, 0.15) is 11.1 Å². The summed E-state index contributed by atoms with van der Waals surface area (Å²) in [7, 11) is 0. The molecule has 2 rings (SSSR count). The van der Waals surface area contributed by atoms with Crippen molar-refractivity contribution in [3.63, 3.8) is 0 Å². The van der Waals surface area contributed by atoms with Gasteiger partial charge in [-0.05, 0) is 31.0 Å². The molecule has 0 aromatic heterocycles. The standard InChI is InChI=1S/C14H14O/c1-10-6-8-12(9-7-10)14-11(2)4-3-5-13(14)15/h3-9,15H,1-2H3. The minimum atomic E-state index is 0.346. The summed E-state index contributed by atoms with van der Waals surface area (Å²) in [5.74, 6) is 0.346. The second kappa shape index (κ2) is 3.77. The zero-order chi connectivity index (χ0) is 10.8. The minimum absolute atomic E-state index is 0.346. The van der Waals surface area contributed by atoms with E-state index in [9.17, 15) is 5.11 Å². The Morgan fingerprint density at radius 1 is 0.867 bits per heavy atom. The lowest BCUT2D eigenvalue weighted by molar-refractivity contribution is 0.477. The third kappa shape index (κ3) is 1.86. The number of hydrogen-bond acceptors (Lipinski definition) is 1. The lowest BCUT2D eigenvalue weighted by Crippen LogP contribution is -1.84. The smallest absolute Gasteiger partial charge is 0.123 e. The number of phenols is 1. The van der Waals surface area contributed by atoms with Crippen LogP contribution in [0.3, 0.4) is 0 Å². The Morgan fingerprint density at radius 3 is 2.13 bits per heavy atom. The Labute approximate surface area is 90.0 Å². The average molecular weight is 198 g/mol. The fourth-order valence-corrected chi connectivity index (χ4v) is 1.75. The van der Waals surface area contributed by atoms with Crippen LogP contribution in [0.15, 0.2) is 42.5 Å². The monoisotopic (exact) mass is 198 g/mol. The molecule has 0 atom stereocenters. The number of aryl methyl sites for hydroxylation is 2. The zero-order valence-corrected chi connectivity index (χ0v) is 8.99. The number of benzene rings is 2. The molecule has 15 heavy (non-hydrogen) atoms. The molecule has 0 radical (unpaired) electrons. The summed E-state index contributed by atoms with van der Waals surface area (Å²) >= 11 is 0. The molecular weight excluding hydrogens is 184 g/mol. The van der Waals surface area contributed by atoms with Gasteiger partial charge in [0, 0.05) is 5.56 Å². The lowest BCUT2D eigenvalue weighted by Gasteiger charge is -2.08. The molecule has 0 unspecified atom stereocenters. The summed E-state index contributed by atoms with van der Waals surface area (Å²) in [5, 5.41) is 9.81. The van der Waals surface area contributed by atoms with Crippen LogP contribution in [0.2, 0.25) is 0 Å². The second-order valence-corrected chi connectivity index (χ2v) is 3.84. The molecule has 0 aliphatic heterocycles. The number of hydrogen-bond donors (Lipinski definition) is 1. The lowest BCUT2D eigenvalue weighted by atomic mass is 9.99. The van der Waals surface area contributed by atoms with E-state index < -0.39 is 0 Å². The Hall–Kier alpha value is -1.76. The van der Waals surface area contributed by atoms with Gasteiger partial charge in [-0.3, -0.25) is 0 Å². The van der Waals surface area contributed by atoms with Crippen molar-refractivity contribution in [2.75, 3.05) is 0 Å². The molecule has 2 aromatic carbocycles. The van der Waals surface area contributed by atoms with Gasteiger partial charge in [-0.15, -0.1) is 0 Å². The Bertz CT molecular complexity index is 449. The first-order chi connectivity index (χ1) is 7.18. The quantitative estimate of drug-likeness (QED) is 0.741. The van der Waals surface area contributed by atoms with Gasteiger partial charge in [0.2, 0.25) is 0 Å². The molecule has 0 aliphatic rings. The average Bonchev–Trinajstić information content (AvgIpc) is 2.20. The van der Waals surface area contributed by atoms with E-state index in [0.29, 0.717) is 5.75 Å². The first kappa shape index (κ1) is 9.78. The third-order valence-electron chi connectivity index (χ3n) is 2.59. The maximum Gasteiger partial charge on any atom is 0.123 e. The van der Waals surface area contributed by atoms with Gasteiger partial charge >= 0.3 is 0 Å². The van der Waals surface area contributed by atoms with E-state index in [2.05, 4.69) is 19.1 Å². The molecule has 0 amide bonds. The highest BCUT2D eigenvalue weighted by Gasteiger charge is 2.06. The topological polar surface area (TPSA) is 20.2 Å². The minimum Gasteiger partial charge on any atom is -0.507 e. The maximum absolute atomic E-state index is 9.81. The highest BCUT2D eigenvalue weighted by Crippen LogP contribution is 2.31. The van der Waals surface area contributed by atoms with Crippen molar-refractivity contribution in [3.05, 3.63) is 53.6 Å². The van der Waals surface area contributed by atoms with Crippen molar-refractivity contribution < 1.29 is 5.11 Å². The van der Waals surface area contributed by atoms with Gasteiger partial charge in [0.1, 0.15) is 5.75 Å². The van der Waals surface area contributed by atoms with Gasteiger partial charge in [0.25, 0.3) is 0 Å². The normalized spacial score (nSPS) is 10.3. The van der Waals surface area contributed by atoms with Crippen molar-refractivity contribution in [2.45, 2.75) is 13.8 Å². The maximum atomic E-state index is 9.81. The molecule has 0 spiro atoms. The van der Waals surface area contributed by atoms with E-state index in [4.69, 9.17) is 0 Å². The van der Waals surface area contributed by atoms with Gasteiger partial charge in [-0.2, -0.15) is 0 Å².